The molecule has 8 N–H and O–H groups in total. The number of nitrogens with two attached hydrogens (primary N) is 1. The van der Waals surface area contributed by atoms with E-state index in [0.717, 1.165) is 0 Å². The smallest absolute Gasteiger partial charge is 0.326 e. The molecule has 0 aromatic heterocycles. The first-order valence-electron chi connectivity index (χ1n) is 10.8. The zero-order valence-electron chi connectivity index (χ0n) is 19.3. The van der Waals surface area contributed by atoms with Gasteiger partial charge in [0, 0.05) is 12.8 Å². The first-order valence-corrected chi connectivity index (χ1v) is 12.2. The van der Waals surface area contributed by atoms with E-state index < -0.39 is 66.9 Å². The van der Waals surface area contributed by atoms with Crippen molar-refractivity contribution in [3.05, 3.63) is 35.9 Å². The molecule has 0 aliphatic carbocycles. The van der Waals surface area contributed by atoms with Gasteiger partial charge in [-0.15, -0.1) is 0 Å². The highest BCUT2D eigenvalue weighted by atomic mass is 32.2. The van der Waals surface area contributed by atoms with Gasteiger partial charge in [0.15, 0.2) is 0 Å². The SMILES string of the molecule is CSCCC(NC(=O)C(CCC(=O)O)NC(=O)C(Cc1ccccc1)NC(=O)C(N)CO)C(=O)O. The molecule has 0 radical (unpaired) electrons. The average molecular weight is 513 g/mol. The minimum absolute atomic E-state index is 0.0231. The quantitative estimate of drug-likeness (QED) is 0.139. The predicted octanol–water partition coefficient (Wildman–Crippen LogP) is -1.29. The van der Waals surface area contributed by atoms with Gasteiger partial charge >= 0.3 is 11.9 Å². The van der Waals surface area contributed by atoms with E-state index in [4.69, 9.17) is 15.9 Å². The van der Waals surface area contributed by atoms with Crippen LogP contribution in [0.2, 0.25) is 0 Å². The Morgan fingerprint density at radius 3 is 2.00 bits per heavy atom. The van der Waals surface area contributed by atoms with E-state index in [0.29, 0.717) is 11.3 Å². The molecule has 12 nitrogen and oxygen atoms in total. The first kappa shape index (κ1) is 29.9. The van der Waals surface area contributed by atoms with E-state index in [2.05, 4.69) is 16.0 Å². The number of aliphatic hydroxyl groups excluding tert-OH is 1. The van der Waals surface area contributed by atoms with Gasteiger partial charge in [-0.1, -0.05) is 30.3 Å². The summed E-state index contributed by atoms with van der Waals surface area (Å²) in [5, 5.41) is 34.7. The number of carboxylic acids is 2. The maximum atomic E-state index is 13.1. The van der Waals surface area contributed by atoms with Crippen LogP contribution in [-0.2, 0) is 30.4 Å². The molecule has 13 heteroatoms. The van der Waals surface area contributed by atoms with Crippen LogP contribution in [0.25, 0.3) is 0 Å². The molecule has 0 bridgehead atoms. The van der Waals surface area contributed by atoms with Crippen molar-refractivity contribution in [2.75, 3.05) is 18.6 Å². The summed E-state index contributed by atoms with van der Waals surface area (Å²) in [6.45, 7) is -0.651. The number of benzene rings is 1. The molecule has 0 fully saturated rings. The number of hydrogen-bond donors (Lipinski definition) is 7. The maximum absolute atomic E-state index is 13.1. The second-order valence-electron chi connectivity index (χ2n) is 7.71. The molecule has 1 rings (SSSR count). The number of aliphatic hydroxyl groups is 1. The lowest BCUT2D eigenvalue weighted by molar-refractivity contribution is -0.143. The summed E-state index contributed by atoms with van der Waals surface area (Å²) < 4.78 is 0. The summed E-state index contributed by atoms with van der Waals surface area (Å²) in [6, 6.07) is 3.60. The number of carbonyl (C=O) groups is 5. The fourth-order valence-electron chi connectivity index (χ4n) is 3.00. The molecule has 0 aliphatic heterocycles. The molecule has 35 heavy (non-hydrogen) atoms. The van der Waals surface area contributed by atoms with Crippen LogP contribution in [-0.4, -0.2) is 87.8 Å². The van der Waals surface area contributed by atoms with Gasteiger partial charge in [-0.2, -0.15) is 11.8 Å². The molecule has 0 saturated carbocycles. The van der Waals surface area contributed by atoms with Crippen LogP contribution >= 0.6 is 11.8 Å². The van der Waals surface area contributed by atoms with Crippen LogP contribution in [0.3, 0.4) is 0 Å². The highest BCUT2D eigenvalue weighted by Gasteiger charge is 2.30. The molecular formula is C22H32N4O8S. The number of amides is 3. The number of carbonyl (C=O) groups excluding carboxylic acids is 3. The van der Waals surface area contributed by atoms with Crippen molar-refractivity contribution in [1.29, 1.82) is 0 Å². The van der Waals surface area contributed by atoms with Crippen molar-refractivity contribution in [3.63, 3.8) is 0 Å². The molecule has 3 amide bonds. The largest absolute Gasteiger partial charge is 0.481 e. The Bertz CT molecular complexity index is 870. The van der Waals surface area contributed by atoms with E-state index in [9.17, 15) is 29.1 Å². The van der Waals surface area contributed by atoms with Crippen molar-refractivity contribution < 1.29 is 39.3 Å². The number of thioether (sulfide) groups is 1. The zero-order chi connectivity index (χ0) is 26.4. The van der Waals surface area contributed by atoms with Crippen LogP contribution in [0.4, 0.5) is 0 Å². The predicted molar refractivity (Wildman–Crippen MR) is 129 cm³/mol. The summed E-state index contributed by atoms with van der Waals surface area (Å²) in [5.41, 5.74) is 6.21. The molecule has 0 saturated heterocycles. The minimum Gasteiger partial charge on any atom is -0.481 e. The molecule has 1 aromatic rings. The van der Waals surface area contributed by atoms with Crippen molar-refractivity contribution in [3.8, 4) is 0 Å². The third-order valence-corrected chi connectivity index (χ3v) is 5.60. The van der Waals surface area contributed by atoms with Gasteiger partial charge in [-0.25, -0.2) is 4.79 Å². The molecule has 1 aromatic carbocycles. The van der Waals surface area contributed by atoms with E-state index in [1.165, 1.54) is 11.8 Å². The second-order valence-corrected chi connectivity index (χ2v) is 8.70. The summed E-state index contributed by atoms with van der Waals surface area (Å²) in [4.78, 5) is 60.7. The van der Waals surface area contributed by atoms with Gasteiger partial charge in [0.2, 0.25) is 17.7 Å². The minimum atomic E-state index is -1.36. The topological polar surface area (TPSA) is 208 Å². The standard InChI is InChI=1S/C22H32N4O8S/c1-35-10-9-16(22(33)34)25-20(31)15(7-8-18(28)29)24-21(32)17(26-19(30)14(23)12-27)11-13-5-3-2-4-6-13/h2-6,14-17,27H,7-12,23H2,1H3,(H,24,32)(H,25,31)(H,26,30)(H,28,29)(H,33,34). The Kier molecular flexibility index (Phi) is 13.4. The van der Waals surface area contributed by atoms with Crippen molar-refractivity contribution in [1.82, 2.24) is 16.0 Å². The maximum Gasteiger partial charge on any atom is 0.326 e. The fourth-order valence-corrected chi connectivity index (χ4v) is 3.47. The van der Waals surface area contributed by atoms with Crippen LogP contribution in [0.5, 0.6) is 0 Å². The summed E-state index contributed by atoms with van der Waals surface area (Å²) in [7, 11) is 0. The van der Waals surface area contributed by atoms with Gasteiger partial charge in [0.25, 0.3) is 0 Å². The molecule has 0 aliphatic rings. The Morgan fingerprint density at radius 2 is 1.46 bits per heavy atom. The van der Waals surface area contributed by atoms with Crippen LogP contribution in [0.15, 0.2) is 30.3 Å². The fraction of sp³-hybridized carbons (Fsp3) is 0.500. The number of carboxylic acid groups (broad SMARTS) is 2. The summed E-state index contributed by atoms with van der Waals surface area (Å²) in [5.74, 6) is -4.46. The van der Waals surface area contributed by atoms with E-state index in [-0.39, 0.29) is 19.3 Å². The Labute approximate surface area is 207 Å². The van der Waals surface area contributed by atoms with Gasteiger partial charge in [0.05, 0.1) is 6.61 Å². The molecule has 194 valence electrons. The zero-order valence-corrected chi connectivity index (χ0v) is 20.1. The van der Waals surface area contributed by atoms with Gasteiger partial charge in [0.1, 0.15) is 24.2 Å². The summed E-state index contributed by atoms with van der Waals surface area (Å²) >= 11 is 1.39. The number of rotatable bonds is 16. The Balaban J connectivity index is 3.08. The van der Waals surface area contributed by atoms with Crippen molar-refractivity contribution in [2.24, 2.45) is 5.73 Å². The van der Waals surface area contributed by atoms with Crippen LogP contribution < -0.4 is 21.7 Å². The van der Waals surface area contributed by atoms with E-state index in [1.54, 1.807) is 36.6 Å². The number of aliphatic carboxylic acids is 2. The highest BCUT2D eigenvalue weighted by molar-refractivity contribution is 7.98. The van der Waals surface area contributed by atoms with Crippen LogP contribution in [0, 0.1) is 0 Å². The highest BCUT2D eigenvalue weighted by Crippen LogP contribution is 2.07. The van der Waals surface area contributed by atoms with E-state index in [1.807, 2.05) is 0 Å². The first-order chi connectivity index (χ1) is 16.6. The lowest BCUT2D eigenvalue weighted by atomic mass is 10.0. The molecule has 4 atom stereocenters. The third-order valence-electron chi connectivity index (χ3n) is 4.95. The van der Waals surface area contributed by atoms with E-state index >= 15 is 0 Å². The number of hydrogen-bond acceptors (Lipinski definition) is 8. The third kappa shape index (κ3) is 11.2. The molecule has 0 spiro atoms. The lowest BCUT2D eigenvalue weighted by Gasteiger charge is -2.25. The van der Waals surface area contributed by atoms with Crippen molar-refractivity contribution >= 4 is 41.4 Å². The average Bonchev–Trinajstić information content (AvgIpc) is 2.83. The lowest BCUT2D eigenvalue weighted by Crippen LogP contribution is -2.58. The van der Waals surface area contributed by atoms with Crippen molar-refractivity contribution in [2.45, 2.75) is 49.9 Å². The molecule has 4 unspecified atom stereocenters. The number of nitrogens with one attached hydrogen (secondary N) is 3. The normalized spacial score (nSPS) is 14.1. The Hall–Kier alpha value is -3.16. The second kappa shape index (κ2) is 15.7. The molecule has 0 heterocycles. The van der Waals surface area contributed by atoms with Crippen LogP contribution in [0.1, 0.15) is 24.8 Å². The van der Waals surface area contributed by atoms with Gasteiger partial charge in [-0.3, -0.25) is 19.2 Å². The Morgan fingerprint density at radius 1 is 0.886 bits per heavy atom. The molecular weight excluding hydrogens is 480 g/mol. The van der Waals surface area contributed by atoms with Gasteiger partial charge < -0.3 is 37.0 Å². The summed E-state index contributed by atoms with van der Waals surface area (Å²) in [6.07, 6.45) is 1.17. The van der Waals surface area contributed by atoms with Gasteiger partial charge in [-0.05, 0) is 30.4 Å². The monoisotopic (exact) mass is 512 g/mol.